The molecule has 0 unspecified atom stereocenters. The number of aromatic nitrogens is 1. The Morgan fingerprint density at radius 2 is 2.15 bits per heavy atom. The summed E-state index contributed by atoms with van der Waals surface area (Å²) >= 11 is 0. The summed E-state index contributed by atoms with van der Waals surface area (Å²) in [4.78, 5) is 28.5. The van der Waals surface area contributed by atoms with Gasteiger partial charge in [-0.2, -0.15) is 0 Å². The van der Waals surface area contributed by atoms with Crippen molar-refractivity contribution >= 4 is 17.6 Å². The fourth-order valence-corrected chi connectivity index (χ4v) is 2.00. The van der Waals surface area contributed by atoms with Crippen LogP contribution in [0.2, 0.25) is 0 Å². The van der Waals surface area contributed by atoms with E-state index in [-0.39, 0.29) is 11.5 Å². The zero-order valence-corrected chi connectivity index (χ0v) is 11.0. The second kappa shape index (κ2) is 6.85. The molecule has 0 aromatic carbocycles. The first-order chi connectivity index (χ1) is 9.68. The summed E-state index contributed by atoms with van der Waals surface area (Å²) in [5.41, 5.74) is 0.577. The molecule has 0 radical (unpaired) electrons. The van der Waals surface area contributed by atoms with Crippen LogP contribution in [0.4, 0.5) is 5.69 Å². The quantitative estimate of drug-likeness (QED) is 0.812. The molecule has 1 amide bonds. The number of carbonyl (C=O) groups excluding carboxylic acids is 1. The van der Waals surface area contributed by atoms with E-state index in [1.54, 1.807) is 4.90 Å². The number of anilines is 1. The van der Waals surface area contributed by atoms with Crippen LogP contribution in [0.15, 0.2) is 18.5 Å². The van der Waals surface area contributed by atoms with Gasteiger partial charge in [-0.3, -0.25) is 9.78 Å². The highest BCUT2D eigenvalue weighted by Gasteiger charge is 2.16. The van der Waals surface area contributed by atoms with Gasteiger partial charge in [0, 0.05) is 32.3 Å². The van der Waals surface area contributed by atoms with Crippen LogP contribution in [0.5, 0.6) is 0 Å². The van der Waals surface area contributed by atoms with Crippen molar-refractivity contribution in [3.05, 3.63) is 24.0 Å². The predicted molar refractivity (Wildman–Crippen MR) is 71.7 cm³/mol. The first-order valence-electron chi connectivity index (χ1n) is 6.45. The van der Waals surface area contributed by atoms with E-state index in [1.807, 2.05) is 0 Å². The van der Waals surface area contributed by atoms with Gasteiger partial charge in [0.2, 0.25) is 5.91 Å². The number of nitrogens with zero attached hydrogens (tertiary/aromatic N) is 2. The first-order valence-corrected chi connectivity index (χ1v) is 6.45. The third-order valence-electron chi connectivity index (χ3n) is 3.07. The molecule has 2 heterocycles. The van der Waals surface area contributed by atoms with E-state index in [9.17, 15) is 9.59 Å². The summed E-state index contributed by atoms with van der Waals surface area (Å²) in [7, 11) is 0. The minimum absolute atomic E-state index is 0.0431. The second-order valence-corrected chi connectivity index (χ2v) is 4.40. The van der Waals surface area contributed by atoms with E-state index in [4.69, 9.17) is 9.84 Å². The molecule has 1 aliphatic rings. The molecule has 108 valence electrons. The number of hydrogen-bond acceptors (Lipinski definition) is 5. The number of hydrogen-bond donors (Lipinski definition) is 2. The Morgan fingerprint density at radius 1 is 1.40 bits per heavy atom. The lowest BCUT2D eigenvalue weighted by molar-refractivity contribution is -0.134. The van der Waals surface area contributed by atoms with Crippen LogP contribution >= 0.6 is 0 Å². The monoisotopic (exact) mass is 279 g/mol. The van der Waals surface area contributed by atoms with Crippen molar-refractivity contribution in [3.8, 4) is 0 Å². The molecule has 20 heavy (non-hydrogen) atoms. The van der Waals surface area contributed by atoms with Crippen molar-refractivity contribution < 1.29 is 19.4 Å². The number of rotatable bonds is 5. The number of amides is 1. The smallest absolute Gasteiger partial charge is 0.337 e. The Hall–Kier alpha value is -2.15. The fourth-order valence-electron chi connectivity index (χ4n) is 2.00. The molecule has 0 saturated carbocycles. The number of morpholine rings is 1. The number of pyridine rings is 1. The molecule has 0 aliphatic carbocycles. The van der Waals surface area contributed by atoms with Gasteiger partial charge in [0.1, 0.15) is 0 Å². The Kier molecular flexibility index (Phi) is 4.89. The molecule has 2 N–H and O–H groups in total. The number of carboxylic acid groups (broad SMARTS) is 1. The summed E-state index contributed by atoms with van der Waals surface area (Å²) in [6, 6.07) is 1.43. The number of nitrogens with one attached hydrogen (secondary N) is 1. The van der Waals surface area contributed by atoms with Crippen LogP contribution in [0.3, 0.4) is 0 Å². The Labute approximate surface area is 116 Å². The Bertz CT molecular complexity index is 486. The highest BCUT2D eigenvalue weighted by Crippen LogP contribution is 2.13. The topological polar surface area (TPSA) is 91.8 Å². The van der Waals surface area contributed by atoms with Gasteiger partial charge < -0.3 is 20.1 Å². The van der Waals surface area contributed by atoms with Crippen LogP contribution in [0.1, 0.15) is 16.8 Å². The average molecular weight is 279 g/mol. The SMILES string of the molecule is O=C(O)c1ccncc1NCCC(=O)N1CCOCC1. The maximum Gasteiger partial charge on any atom is 0.337 e. The van der Waals surface area contributed by atoms with Crippen molar-refractivity contribution in [2.24, 2.45) is 0 Å². The zero-order valence-electron chi connectivity index (χ0n) is 11.0. The summed E-state index contributed by atoms with van der Waals surface area (Å²) in [6.45, 7) is 2.76. The summed E-state index contributed by atoms with van der Waals surface area (Å²) in [6.07, 6.45) is 3.18. The van der Waals surface area contributed by atoms with E-state index in [0.29, 0.717) is 45.0 Å². The largest absolute Gasteiger partial charge is 0.478 e. The number of carboxylic acids is 1. The van der Waals surface area contributed by atoms with Crippen molar-refractivity contribution in [1.82, 2.24) is 9.88 Å². The number of aromatic carboxylic acids is 1. The maximum atomic E-state index is 11.9. The van der Waals surface area contributed by atoms with Crippen LogP contribution < -0.4 is 5.32 Å². The molecule has 0 spiro atoms. The molecule has 7 heteroatoms. The van der Waals surface area contributed by atoms with Crippen molar-refractivity contribution in [2.45, 2.75) is 6.42 Å². The lowest BCUT2D eigenvalue weighted by Crippen LogP contribution is -2.41. The van der Waals surface area contributed by atoms with E-state index >= 15 is 0 Å². The Balaban J connectivity index is 1.83. The highest BCUT2D eigenvalue weighted by molar-refractivity contribution is 5.93. The van der Waals surface area contributed by atoms with Gasteiger partial charge >= 0.3 is 5.97 Å². The van der Waals surface area contributed by atoms with Crippen molar-refractivity contribution in [2.75, 3.05) is 38.2 Å². The molecule has 1 aromatic rings. The van der Waals surface area contributed by atoms with Crippen LogP contribution in [0, 0.1) is 0 Å². The summed E-state index contributed by atoms with van der Waals surface area (Å²) in [5.74, 6) is -0.976. The van der Waals surface area contributed by atoms with E-state index in [2.05, 4.69) is 10.3 Å². The zero-order chi connectivity index (χ0) is 14.4. The van der Waals surface area contributed by atoms with Crippen molar-refractivity contribution in [1.29, 1.82) is 0 Å². The van der Waals surface area contributed by atoms with Gasteiger partial charge in [-0.1, -0.05) is 0 Å². The fraction of sp³-hybridized carbons (Fsp3) is 0.462. The van der Waals surface area contributed by atoms with E-state index in [1.165, 1.54) is 18.5 Å². The number of carbonyl (C=O) groups is 2. The van der Waals surface area contributed by atoms with Gasteiger partial charge in [0.15, 0.2) is 0 Å². The highest BCUT2D eigenvalue weighted by atomic mass is 16.5. The summed E-state index contributed by atoms with van der Waals surface area (Å²) < 4.78 is 5.18. The normalized spacial score (nSPS) is 14.9. The molecule has 2 rings (SSSR count). The van der Waals surface area contributed by atoms with Crippen molar-refractivity contribution in [3.63, 3.8) is 0 Å². The molecule has 1 aliphatic heterocycles. The van der Waals surface area contributed by atoms with Crippen LogP contribution in [-0.2, 0) is 9.53 Å². The van der Waals surface area contributed by atoms with Crippen LogP contribution in [-0.4, -0.2) is 59.7 Å². The van der Waals surface area contributed by atoms with E-state index < -0.39 is 5.97 Å². The molecule has 1 fully saturated rings. The second-order valence-electron chi connectivity index (χ2n) is 4.40. The van der Waals surface area contributed by atoms with Crippen LogP contribution in [0.25, 0.3) is 0 Å². The average Bonchev–Trinajstić information content (AvgIpc) is 2.48. The molecular formula is C13H17N3O4. The van der Waals surface area contributed by atoms with E-state index in [0.717, 1.165) is 0 Å². The Morgan fingerprint density at radius 3 is 2.85 bits per heavy atom. The molecule has 0 atom stereocenters. The van der Waals surface area contributed by atoms with Gasteiger partial charge in [-0.05, 0) is 6.07 Å². The lowest BCUT2D eigenvalue weighted by Gasteiger charge is -2.26. The molecule has 0 bridgehead atoms. The molecule has 7 nitrogen and oxygen atoms in total. The third-order valence-corrected chi connectivity index (χ3v) is 3.07. The molecule has 1 aromatic heterocycles. The standard InChI is InChI=1S/C13H17N3O4/c17-12(16-5-7-20-8-6-16)2-4-15-11-9-14-3-1-10(11)13(18)19/h1,3,9,15H,2,4-8H2,(H,18,19). The minimum Gasteiger partial charge on any atom is -0.478 e. The first kappa shape index (κ1) is 14.3. The predicted octanol–water partition coefficient (Wildman–Crippen LogP) is 0.441. The lowest BCUT2D eigenvalue weighted by atomic mass is 10.2. The minimum atomic E-state index is -1.02. The van der Waals surface area contributed by atoms with Gasteiger partial charge in [0.05, 0.1) is 30.7 Å². The molecule has 1 saturated heterocycles. The summed E-state index contributed by atoms with van der Waals surface area (Å²) in [5, 5.41) is 12.0. The third kappa shape index (κ3) is 3.67. The molecular weight excluding hydrogens is 262 g/mol. The maximum absolute atomic E-state index is 11.9. The van der Waals surface area contributed by atoms with Gasteiger partial charge in [0.25, 0.3) is 0 Å². The number of ether oxygens (including phenoxy) is 1. The van der Waals surface area contributed by atoms with Gasteiger partial charge in [-0.25, -0.2) is 4.79 Å². The van der Waals surface area contributed by atoms with Gasteiger partial charge in [-0.15, -0.1) is 0 Å².